The predicted octanol–water partition coefficient (Wildman–Crippen LogP) is 5.46. The number of carboxylic acid groups (broad SMARTS) is 1. The molecular weight excluding hydrogens is 455 g/mol. The Balaban J connectivity index is 2.59. The first-order chi connectivity index (χ1) is 16.0. The van der Waals surface area contributed by atoms with Crippen LogP contribution >= 0.6 is 0 Å². The molecule has 0 aliphatic rings. The summed E-state index contributed by atoms with van der Waals surface area (Å²) in [6.45, 7) is 4.42. The van der Waals surface area contributed by atoms with Crippen LogP contribution in [-0.4, -0.2) is 66.8 Å². The molecule has 10 heteroatoms. The van der Waals surface area contributed by atoms with Gasteiger partial charge in [0, 0.05) is 13.0 Å². The molecule has 1 N–H and O–H groups in total. The van der Waals surface area contributed by atoms with Gasteiger partial charge in [-0.05, 0) is 38.0 Å². The van der Waals surface area contributed by atoms with E-state index in [1.807, 2.05) is 0 Å². The molecule has 1 unspecified atom stereocenters. The number of ether oxygens (including phenoxy) is 3. The van der Waals surface area contributed by atoms with E-state index in [0.717, 1.165) is 31.2 Å². The van der Waals surface area contributed by atoms with E-state index in [2.05, 4.69) is 11.7 Å². The molecule has 0 aliphatic heterocycles. The van der Waals surface area contributed by atoms with Crippen LogP contribution in [0.1, 0.15) is 58.4 Å². The quantitative estimate of drug-likeness (QED) is 0.309. The molecule has 0 radical (unpaired) electrons. The zero-order valence-electron chi connectivity index (χ0n) is 20.1. The Kier molecular flexibility index (Phi) is 13.4. The van der Waals surface area contributed by atoms with Crippen LogP contribution in [0.25, 0.3) is 0 Å². The molecule has 0 fully saturated rings. The Hall–Kier alpha value is -2.49. The largest absolute Gasteiger partial charge is 0.492 e. The highest BCUT2D eigenvalue weighted by Crippen LogP contribution is 2.17. The number of carbonyl (C=O) groups excluding carboxylic acids is 1. The van der Waals surface area contributed by atoms with Crippen molar-refractivity contribution in [2.75, 3.05) is 26.3 Å². The monoisotopic (exact) mass is 491 g/mol. The van der Waals surface area contributed by atoms with Crippen LogP contribution < -0.4 is 4.74 Å². The first kappa shape index (κ1) is 29.5. The Bertz CT molecular complexity index is 724. The van der Waals surface area contributed by atoms with Gasteiger partial charge < -0.3 is 24.2 Å². The predicted molar refractivity (Wildman–Crippen MR) is 121 cm³/mol. The lowest BCUT2D eigenvalue weighted by Crippen LogP contribution is -2.37. The van der Waals surface area contributed by atoms with Gasteiger partial charge in [0.1, 0.15) is 12.4 Å². The van der Waals surface area contributed by atoms with Gasteiger partial charge in [-0.3, -0.25) is 0 Å². The minimum absolute atomic E-state index is 0.0731. The zero-order chi connectivity index (χ0) is 25.6. The molecule has 194 valence electrons. The standard InChI is InChI=1S/C24H36F3NO6/c1-4-5-6-7-8-13-28(23(31)33-17-24(25,26)27)14-15-32-20-11-9-19(10-12-20)16-21(22(29)30)34-18(2)3/h9-12,18,21H,4-8,13-17H2,1-3H3,(H,29,30). The maximum absolute atomic E-state index is 12.4. The first-order valence-corrected chi connectivity index (χ1v) is 11.6. The summed E-state index contributed by atoms with van der Waals surface area (Å²) in [5.41, 5.74) is 0.754. The summed E-state index contributed by atoms with van der Waals surface area (Å²) in [5.74, 6) is -0.548. The number of carboxylic acids is 1. The lowest BCUT2D eigenvalue weighted by Gasteiger charge is -2.22. The van der Waals surface area contributed by atoms with E-state index < -0.39 is 30.9 Å². The number of rotatable bonds is 16. The second-order valence-electron chi connectivity index (χ2n) is 8.28. The topological polar surface area (TPSA) is 85.3 Å². The second-order valence-corrected chi connectivity index (χ2v) is 8.28. The fraction of sp³-hybridized carbons (Fsp3) is 0.667. The molecule has 0 aromatic heterocycles. The van der Waals surface area contributed by atoms with E-state index in [9.17, 15) is 27.9 Å². The van der Waals surface area contributed by atoms with Gasteiger partial charge >= 0.3 is 18.2 Å². The molecule has 1 atom stereocenters. The summed E-state index contributed by atoms with van der Waals surface area (Å²) >= 11 is 0. The van der Waals surface area contributed by atoms with Gasteiger partial charge in [-0.25, -0.2) is 9.59 Å². The molecule has 0 bridgehead atoms. The number of nitrogens with zero attached hydrogens (tertiary/aromatic N) is 1. The Morgan fingerprint density at radius 3 is 2.24 bits per heavy atom. The number of hydrogen-bond acceptors (Lipinski definition) is 5. The number of hydrogen-bond donors (Lipinski definition) is 1. The summed E-state index contributed by atoms with van der Waals surface area (Å²) in [6, 6.07) is 6.78. The summed E-state index contributed by atoms with van der Waals surface area (Å²) in [5, 5.41) is 9.28. The van der Waals surface area contributed by atoms with Crippen molar-refractivity contribution in [3.05, 3.63) is 29.8 Å². The van der Waals surface area contributed by atoms with Crippen LogP contribution in [0.4, 0.5) is 18.0 Å². The van der Waals surface area contributed by atoms with E-state index in [4.69, 9.17) is 9.47 Å². The number of amides is 1. The molecule has 7 nitrogen and oxygen atoms in total. The highest BCUT2D eigenvalue weighted by Gasteiger charge is 2.30. The van der Waals surface area contributed by atoms with E-state index in [1.54, 1.807) is 38.1 Å². The molecular formula is C24H36F3NO6. The van der Waals surface area contributed by atoms with Gasteiger partial charge in [0.2, 0.25) is 0 Å². The molecule has 34 heavy (non-hydrogen) atoms. The van der Waals surface area contributed by atoms with Gasteiger partial charge in [-0.15, -0.1) is 0 Å². The summed E-state index contributed by atoms with van der Waals surface area (Å²) in [7, 11) is 0. The Morgan fingerprint density at radius 2 is 1.68 bits per heavy atom. The van der Waals surface area contributed by atoms with Gasteiger partial charge in [0.05, 0.1) is 12.6 Å². The third-order valence-corrected chi connectivity index (χ3v) is 4.84. The average Bonchev–Trinajstić information content (AvgIpc) is 2.76. The summed E-state index contributed by atoms with van der Waals surface area (Å²) in [4.78, 5) is 24.7. The summed E-state index contributed by atoms with van der Waals surface area (Å²) in [6.07, 6.45) is -1.92. The molecule has 1 aromatic rings. The molecule has 1 aromatic carbocycles. The third kappa shape index (κ3) is 13.3. The van der Waals surface area contributed by atoms with E-state index >= 15 is 0 Å². The number of unbranched alkanes of at least 4 members (excludes halogenated alkanes) is 4. The normalized spacial score (nSPS) is 12.4. The van der Waals surface area contributed by atoms with Crippen molar-refractivity contribution in [2.24, 2.45) is 0 Å². The molecule has 0 spiro atoms. The average molecular weight is 492 g/mol. The van der Waals surface area contributed by atoms with Crippen molar-refractivity contribution in [3.8, 4) is 5.75 Å². The van der Waals surface area contributed by atoms with Crippen molar-refractivity contribution < 1.29 is 42.1 Å². The van der Waals surface area contributed by atoms with Crippen LogP contribution in [-0.2, 0) is 20.7 Å². The molecule has 0 heterocycles. The van der Waals surface area contributed by atoms with Crippen molar-refractivity contribution in [2.45, 2.75) is 77.7 Å². The fourth-order valence-electron chi connectivity index (χ4n) is 3.17. The molecule has 0 aliphatic carbocycles. The van der Waals surface area contributed by atoms with Crippen molar-refractivity contribution >= 4 is 12.1 Å². The van der Waals surface area contributed by atoms with Gasteiger partial charge in [0.25, 0.3) is 0 Å². The van der Waals surface area contributed by atoms with Crippen molar-refractivity contribution in [1.82, 2.24) is 4.90 Å². The number of aliphatic carboxylic acids is 1. The maximum atomic E-state index is 12.4. The van der Waals surface area contributed by atoms with Crippen molar-refractivity contribution in [1.29, 1.82) is 0 Å². The SMILES string of the molecule is CCCCCCCN(CCOc1ccc(CC(OC(C)C)C(=O)O)cc1)C(=O)OCC(F)(F)F. The van der Waals surface area contributed by atoms with Gasteiger partial charge in [-0.2, -0.15) is 13.2 Å². The molecule has 0 saturated carbocycles. The second kappa shape index (κ2) is 15.4. The van der Waals surface area contributed by atoms with Crippen LogP contribution in [0, 0.1) is 0 Å². The molecule has 1 amide bonds. The minimum atomic E-state index is -4.58. The lowest BCUT2D eigenvalue weighted by atomic mass is 10.1. The van der Waals surface area contributed by atoms with Gasteiger partial charge in [0.15, 0.2) is 12.7 Å². The van der Waals surface area contributed by atoms with Crippen LogP contribution in [0.15, 0.2) is 24.3 Å². The fourth-order valence-corrected chi connectivity index (χ4v) is 3.17. The lowest BCUT2D eigenvalue weighted by molar-refractivity contribution is -0.162. The van der Waals surface area contributed by atoms with Crippen molar-refractivity contribution in [3.63, 3.8) is 0 Å². The van der Waals surface area contributed by atoms with E-state index in [-0.39, 0.29) is 32.2 Å². The number of halogens is 3. The first-order valence-electron chi connectivity index (χ1n) is 11.6. The molecule has 1 rings (SSSR count). The third-order valence-electron chi connectivity index (χ3n) is 4.84. The van der Waals surface area contributed by atoms with Crippen LogP contribution in [0.5, 0.6) is 5.75 Å². The zero-order valence-corrected chi connectivity index (χ0v) is 20.1. The highest BCUT2D eigenvalue weighted by molar-refractivity contribution is 5.72. The summed E-state index contributed by atoms with van der Waals surface area (Å²) < 4.78 is 52.6. The van der Waals surface area contributed by atoms with Crippen LogP contribution in [0.2, 0.25) is 0 Å². The number of carbonyl (C=O) groups is 2. The Labute approximate surface area is 199 Å². The number of benzene rings is 1. The highest BCUT2D eigenvalue weighted by atomic mass is 19.4. The number of alkyl halides is 3. The maximum Gasteiger partial charge on any atom is 0.422 e. The Morgan fingerprint density at radius 1 is 1.03 bits per heavy atom. The van der Waals surface area contributed by atoms with Crippen LogP contribution in [0.3, 0.4) is 0 Å². The van der Waals surface area contributed by atoms with Gasteiger partial charge in [-0.1, -0.05) is 44.7 Å². The van der Waals surface area contributed by atoms with E-state index in [0.29, 0.717) is 12.2 Å². The van der Waals surface area contributed by atoms with E-state index in [1.165, 1.54) is 4.90 Å². The molecule has 0 saturated heterocycles. The smallest absolute Gasteiger partial charge is 0.422 e. The minimum Gasteiger partial charge on any atom is -0.492 e.